The number of anilines is 1. The summed E-state index contributed by atoms with van der Waals surface area (Å²) in [4.78, 5) is 2.47. The van der Waals surface area contributed by atoms with E-state index in [0.717, 1.165) is 5.41 Å². The zero-order chi connectivity index (χ0) is 19.4. The molecular weight excluding hydrogens is 372 g/mol. The van der Waals surface area contributed by atoms with E-state index in [1.807, 2.05) is 6.07 Å². The number of hydrazine groups is 1. The van der Waals surface area contributed by atoms with Crippen LogP contribution in [0.1, 0.15) is 5.56 Å². The minimum atomic E-state index is -3.80. The van der Waals surface area contributed by atoms with Crippen LogP contribution in [-0.4, -0.2) is 36.5 Å². The van der Waals surface area contributed by atoms with Gasteiger partial charge in [-0.2, -0.15) is 0 Å². The number of hydrogen-bond donors (Lipinski definition) is 1. The number of sulfonamides is 1. The molecule has 2 aromatic carbocycles. The minimum absolute atomic E-state index is 0.0849. The molecule has 0 radical (unpaired) electrons. The molecule has 144 valence electrons. The summed E-state index contributed by atoms with van der Waals surface area (Å²) in [5.74, 6) is 2.00. The molecule has 0 fully saturated rings. The van der Waals surface area contributed by atoms with E-state index in [1.165, 1.54) is 32.4 Å². The number of fused-ring (bicyclic) bond motifs is 1. The van der Waals surface area contributed by atoms with Crippen molar-refractivity contribution < 1.29 is 27.4 Å². The molecule has 0 aromatic heterocycles. The first-order chi connectivity index (χ1) is 13.0. The summed E-state index contributed by atoms with van der Waals surface area (Å²) >= 11 is 0. The Hall–Kier alpha value is -2.91. The predicted molar refractivity (Wildman–Crippen MR) is 102 cm³/mol. The lowest BCUT2D eigenvalue weighted by Gasteiger charge is -2.16. The molecule has 3 rings (SSSR count). The van der Waals surface area contributed by atoms with Gasteiger partial charge in [-0.3, -0.25) is 5.01 Å². The molecule has 0 amide bonds. The largest absolute Gasteiger partial charge is 0.496 e. The highest BCUT2D eigenvalue weighted by atomic mass is 32.2. The maximum Gasteiger partial charge on any atom is 0.250 e. The van der Waals surface area contributed by atoms with Gasteiger partial charge < -0.3 is 18.9 Å². The van der Waals surface area contributed by atoms with Crippen molar-refractivity contribution in [3.8, 4) is 23.0 Å². The number of benzene rings is 2. The van der Waals surface area contributed by atoms with Crippen LogP contribution in [0.25, 0.3) is 6.08 Å². The highest BCUT2D eigenvalue weighted by Gasteiger charge is 2.23. The van der Waals surface area contributed by atoms with Crippen LogP contribution in [0.2, 0.25) is 0 Å². The maximum absolute atomic E-state index is 12.5. The van der Waals surface area contributed by atoms with Crippen LogP contribution in [0.4, 0.5) is 5.69 Å². The molecule has 27 heavy (non-hydrogen) atoms. The Morgan fingerprint density at radius 3 is 2.37 bits per heavy atom. The van der Waals surface area contributed by atoms with Crippen molar-refractivity contribution in [1.29, 1.82) is 0 Å². The van der Waals surface area contributed by atoms with E-state index in [-0.39, 0.29) is 6.73 Å². The summed E-state index contributed by atoms with van der Waals surface area (Å²) in [5, 5.41) is 2.46. The highest BCUT2D eigenvalue weighted by molar-refractivity contribution is 7.92. The van der Waals surface area contributed by atoms with Crippen LogP contribution in [0.3, 0.4) is 0 Å². The van der Waals surface area contributed by atoms with Crippen molar-refractivity contribution in [3.63, 3.8) is 0 Å². The second-order valence-corrected chi connectivity index (χ2v) is 7.10. The topological polar surface area (TPSA) is 86.3 Å². The summed E-state index contributed by atoms with van der Waals surface area (Å²) in [6.07, 6.45) is 1.41. The van der Waals surface area contributed by atoms with E-state index >= 15 is 0 Å². The monoisotopic (exact) mass is 392 g/mol. The SMILES string of the molecule is COc1cc(OC)c(C=CS(=O)(=O)NN2COc3ccccc32)c(OC)c1. The van der Waals surface area contributed by atoms with Gasteiger partial charge in [0.1, 0.15) is 23.0 Å². The van der Waals surface area contributed by atoms with Gasteiger partial charge in [0, 0.05) is 17.5 Å². The molecular formula is C18H20N2O6S. The van der Waals surface area contributed by atoms with Gasteiger partial charge >= 0.3 is 0 Å². The third-order valence-electron chi connectivity index (χ3n) is 3.91. The van der Waals surface area contributed by atoms with Crippen molar-refractivity contribution >= 4 is 21.8 Å². The summed E-state index contributed by atoms with van der Waals surface area (Å²) in [6.45, 7) is 0.0849. The number of para-hydroxylation sites is 2. The standard InChI is InChI=1S/C18H20N2O6S/c1-23-13-10-17(24-2)14(18(11-13)25-3)8-9-27(21,22)19-20-12-26-16-7-5-4-6-15(16)20/h4-11,19H,12H2,1-3H3. The van der Waals surface area contributed by atoms with Crippen molar-refractivity contribution in [2.24, 2.45) is 0 Å². The predicted octanol–water partition coefficient (Wildman–Crippen LogP) is 2.37. The van der Waals surface area contributed by atoms with Crippen LogP contribution >= 0.6 is 0 Å². The Morgan fingerprint density at radius 2 is 1.74 bits per heavy atom. The van der Waals surface area contributed by atoms with Gasteiger partial charge in [-0.05, 0) is 18.2 Å². The average Bonchev–Trinajstić information content (AvgIpc) is 3.08. The third-order valence-corrected chi connectivity index (χ3v) is 4.88. The molecule has 0 spiro atoms. The molecule has 1 aliphatic rings. The zero-order valence-corrected chi connectivity index (χ0v) is 15.9. The van der Waals surface area contributed by atoms with Crippen LogP contribution in [0.15, 0.2) is 41.8 Å². The molecule has 1 heterocycles. The lowest BCUT2D eigenvalue weighted by molar-refractivity contribution is 0.342. The lowest BCUT2D eigenvalue weighted by Crippen LogP contribution is -2.40. The summed E-state index contributed by atoms with van der Waals surface area (Å²) in [6, 6.07) is 10.5. The van der Waals surface area contributed by atoms with Crippen molar-refractivity contribution in [1.82, 2.24) is 4.83 Å². The average molecular weight is 392 g/mol. The van der Waals surface area contributed by atoms with E-state index in [1.54, 1.807) is 30.3 Å². The van der Waals surface area contributed by atoms with E-state index in [9.17, 15) is 8.42 Å². The number of nitrogens with zero attached hydrogens (tertiary/aromatic N) is 1. The Bertz CT molecular complexity index is 933. The summed E-state index contributed by atoms with van der Waals surface area (Å²) in [7, 11) is 0.689. The van der Waals surface area contributed by atoms with E-state index in [0.29, 0.717) is 34.2 Å². The van der Waals surface area contributed by atoms with Crippen molar-refractivity contribution in [3.05, 3.63) is 47.4 Å². The van der Waals surface area contributed by atoms with Gasteiger partial charge in [0.25, 0.3) is 10.0 Å². The number of nitrogens with one attached hydrogen (secondary N) is 1. The quantitative estimate of drug-likeness (QED) is 0.774. The van der Waals surface area contributed by atoms with Crippen LogP contribution < -0.4 is 28.8 Å². The number of hydrogen-bond acceptors (Lipinski definition) is 7. The van der Waals surface area contributed by atoms with Crippen LogP contribution in [-0.2, 0) is 10.0 Å². The van der Waals surface area contributed by atoms with E-state index < -0.39 is 10.0 Å². The summed E-state index contributed by atoms with van der Waals surface area (Å²) in [5.41, 5.74) is 1.12. The first-order valence-corrected chi connectivity index (χ1v) is 9.52. The highest BCUT2D eigenvalue weighted by Crippen LogP contribution is 2.35. The Morgan fingerprint density at radius 1 is 1.07 bits per heavy atom. The van der Waals surface area contributed by atoms with Gasteiger partial charge in [-0.1, -0.05) is 12.1 Å². The molecule has 0 unspecified atom stereocenters. The maximum atomic E-state index is 12.5. The first kappa shape index (κ1) is 18.9. The van der Waals surface area contributed by atoms with Gasteiger partial charge in [0.15, 0.2) is 6.73 Å². The fraction of sp³-hybridized carbons (Fsp3) is 0.222. The normalized spacial score (nSPS) is 13.4. The fourth-order valence-electron chi connectivity index (χ4n) is 2.62. The first-order valence-electron chi connectivity index (χ1n) is 7.97. The Labute approximate surface area is 157 Å². The number of methoxy groups -OCH3 is 3. The molecule has 0 bridgehead atoms. The van der Waals surface area contributed by atoms with Gasteiger partial charge in [0.2, 0.25) is 0 Å². The third kappa shape index (κ3) is 4.09. The molecule has 0 saturated heterocycles. The van der Waals surface area contributed by atoms with Crippen molar-refractivity contribution in [2.45, 2.75) is 0 Å². The van der Waals surface area contributed by atoms with E-state index in [2.05, 4.69) is 4.83 Å². The van der Waals surface area contributed by atoms with Crippen LogP contribution in [0, 0.1) is 0 Å². The smallest absolute Gasteiger partial charge is 0.250 e. The summed E-state index contributed by atoms with van der Waals surface area (Å²) < 4.78 is 46.2. The zero-order valence-electron chi connectivity index (χ0n) is 15.1. The molecule has 0 saturated carbocycles. The van der Waals surface area contributed by atoms with E-state index in [4.69, 9.17) is 18.9 Å². The van der Waals surface area contributed by atoms with Gasteiger partial charge in [0.05, 0.1) is 32.6 Å². The second-order valence-electron chi connectivity index (χ2n) is 5.55. The molecule has 9 heteroatoms. The number of rotatable bonds is 7. The molecule has 8 nitrogen and oxygen atoms in total. The fourth-order valence-corrected chi connectivity index (χ4v) is 3.45. The Kier molecular flexibility index (Phi) is 5.43. The van der Waals surface area contributed by atoms with Crippen molar-refractivity contribution in [2.75, 3.05) is 33.1 Å². The van der Waals surface area contributed by atoms with Crippen LogP contribution in [0.5, 0.6) is 23.0 Å². The molecule has 2 aromatic rings. The second kappa shape index (κ2) is 7.77. The van der Waals surface area contributed by atoms with Gasteiger partial charge in [-0.15, -0.1) is 4.83 Å². The number of ether oxygens (including phenoxy) is 4. The molecule has 0 atom stereocenters. The molecule has 1 aliphatic heterocycles. The Balaban J connectivity index is 1.85. The molecule has 1 N–H and O–H groups in total. The van der Waals surface area contributed by atoms with Gasteiger partial charge in [-0.25, -0.2) is 8.42 Å². The molecule has 0 aliphatic carbocycles. The lowest BCUT2D eigenvalue weighted by atomic mass is 10.1. The minimum Gasteiger partial charge on any atom is -0.496 e.